The maximum atomic E-state index is 9.26. The predicted octanol–water partition coefficient (Wildman–Crippen LogP) is 2.48. The van der Waals surface area contributed by atoms with E-state index in [9.17, 15) is 5.26 Å². The van der Waals surface area contributed by atoms with Crippen LogP contribution in [0.4, 0.5) is 5.82 Å². The summed E-state index contributed by atoms with van der Waals surface area (Å²) in [6.07, 6.45) is 3.84. The van der Waals surface area contributed by atoms with E-state index in [4.69, 9.17) is 25.4 Å². The van der Waals surface area contributed by atoms with E-state index in [-0.39, 0.29) is 5.82 Å². The normalized spacial score (nSPS) is 18.3. The van der Waals surface area contributed by atoms with E-state index in [0.29, 0.717) is 36.0 Å². The van der Waals surface area contributed by atoms with Gasteiger partial charge >= 0.3 is 0 Å². The molecule has 0 unspecified atom stereocenters. The molecule has 2 N–H and O–H groups in total. The van der Waals surface area contributed by atoms with Crippen molar-refractivity contribution < 1.29 is 4.74 Å². The number of pyridine rings is 1. The molecule has 0 aromatic carbocycles. The molecule has 4 heterocycles. The molecule has 0 saturated heterocycles. The first kappa shape index (κ1) is 16.1. The highest BCUT2D eigenvalue weighted by Crippen LogP contribution is 2.43. The summed E-state index contributed by atoms with van der Waals surface area (Å²) >= 11 is 0. The zero-order valence-electron chi connectivity index (χ0n) is 15.2. The largest absolute Gasteiger partial charge is 0.383 e. The number of aromatic nitrogens is 5. The van der Waals surface area contributed by atoms with Crippen LogP contribution in [-0.2, 0) is 16.9 Å². The number of nitrogens with two attached hydrogens (primary N) is 1. The van der Waals surface area contributed by atoms with Gasteiger partial charge in [-0.3, -0.25) is 0 Å². The third kappa shape index (κ3) is 2.46. The summed E-state index contributed by atoms with van der Waals surface area (Å²) < 4.78 is 8.03. The van der Waals surface area contributed by atoms with Gasteiger partial charge in [-0.2, -0.15) is 5.26 Å². The molecule has 1 saturated carbocycles. The standard InChI is InChI=1S/C19H19N7O/c1-19(2)18-24-14-13(10-3-4-10)23-16(25-17(14)26(18)5-6-27-19)12-7-11(8-20)15(21)22-9-12/h7,9-10H,3-6H2,1-2H3,(H2,21,22). The molecule has 2 aliphatic rings. The van der Waals surface area contributed by atoms with Gasteiger partial charge in [0.25, 0.3) is 0 Å². The molecule has 0 amide bonds. The number of hydrogen-bond donors (Lipinski definition) is 1. The molecule has 0 atom stereocenters. The number of nitrogens with zero attached hydrogens (tertiary/aromatic N) is 6. The van der Waals surface area contributed by atoms with Gasteiger partial charge in [-0.25, -0.2) is 19.9 Å². The summed E-state index contributed by atoms with van der Waals surface area (Å²) in [6.45, 7) is 5.38. The molecule has 8 heteroatoms. The van der Waals surface area contributed by atoms with Crippen LogP contribution in [0.15, 0.2) is 12.3 Å². The first-order valence-corrected chi connectivity index (χ1v) is 9.06. The summed E-state index contributed by atoms with van der Waals surface area (Å²) in [5.41, 5.74) is 8.97. The van der Waals surface area contributed by atoms with Crippen LogP contribution < -0.4 is 5.73 Å². The van der Waals surface area contributed by atoms with Gasteiger partial charge in [-0.1, -0.05) is 0 Å². The Hall–Kier alpha value is -3.05. The lowest BCUT2D eigenvalue weighted by molar-refractivity contribution is -0.0530. The van der Waals surface area contributed by atoms with Crippen LogP contribution >= 0.6 is 0 Å². The zero-order valence-corrected chi connectivity index (χ0v) is 15.2. The van der Waals surface area contributed by atoms with Crippen molar-refractivity contribution in [2.24, 2.45) is 0 Å². The number of anilines is 1. The number of rotatable bonds is 2. The van der Waals surface area contributed by atoms with Gasteiger partial charge in [0.2, 0.25) is 0 Å². The van der Waals surface area contributed by atoms with Crippen molar-refractivity contribution in [3.8, 4) is 17.5 Å². The van der Waals surface area contributed by atoms with Gasteiger partial charge in [-0.15, -0.1) is 0 Å². The van der Waals surface area contributed by atoms with E-state index in [0.717, 1.165) is 35.5 Å². The van der Waals surface area contributed by atoms with Crippen molar-refractivity contribution in [1.29, 1.82) is 5.26 Å². The van der Waals surface area contributed by atoms with Gasteiger partial charge in [0.1, 0.15) is 28.8 Å². The van der Waals surface area contributed by atoms with Crippen LogP contribution in [0.25, 0.3) is 22.6 Å². The second-order valence-corrected chi connectivity index (χ2v) is 7.59. The molecule has 27 heavy (non-hydrogen) atoms. The maximum absolute atomic E-state index is 9.26. The fourth-order valence-corrected chi connectivity index (χ4v) is 3.61. The van der Waals surface area contributed by atoms with Gasteiger partial charge in [-0.05, 0) is 32.8 Å². The smallest absolute Gasteiger partial charge is 0.164 e. The van der Waals surface area contributed by atoms with Gasteiger partial charge in [0.15, 0.2) is 11.5 Å². The molecule has 8 nitrogen and oxygen atoms in total. The molecule has 3 aromatic heterocycles. The molecular formula is C19H19N7O. The van der Waals surface area contributed by atoms with Gasteiger partial charge in [0, 0.05) is 24.2 Å². The van der Waals surface area contributed by atoms with Crippen LogP contribution in [-0.4, -0.2) is 31.1 Å². The first-order valence-electron chi connectivity index (χ1n) is 9.06. The third-order valence-corrected chi connectivity index (χ3v) is 5.20. The highest BCUT2D eigenvalue weighted by molar-refractivity contribution is 5.78. The highest BCUT2D eigenvalue weighted by Gasteiger charge is 2.36. The Balaban J connectivity index is 1.77. The fourth-order valence-electron chi connectivity index (χ4n) is 3.61. The lowest BCUT2D eigenvalue weighted by atomic mass is 10.1. The Morgan fingerprint density at radius 2 is 2.11 bits per heavy atom. The molecule has 0 radical (unpaired) electrons. The molecule has 1 fully saturated rings. The molecule has 3 aromatic rings. The highest BCUT2D eigenvalue weighted by atomic mass is 16.5. The minimum atomic E-state index is -0.462. The van der Waals surface area contributed by atoms with Crippen molar-refractivity contribution in [2.45, 2.75) is 44.8 Å². The van der Waals surface area contributed by atoms with Crippen molar-refractivity contribution in [3.63, 3.8) is 0 Å². The van der Waals surface area contributed by atoms with Crippen LogP contribution in [0.5, 0.6) is 0 Å². The number of ether oxygens (including phenoxy) is 1. The minimum absolute atomic E-state index is 0.213. The second-order valence-electron chi connectivity index (χ2n) is 7.59. The second kappa shape index (κ2) is 5.47. The van der Waals surface area contributed by atoms with Crippen molar-refractivity contribution in [3.05, 3.63) is 29.3 Å². The summed E-state index contributed by atoms with van der Waals surface area (Å²) in [6, 6.07) is 3.77. The summed E-state index contributed by atoms with van der Waals surface area (Å²) in [5, 5.41) is 9.26. The van der Waals surface area contributed by atoms with E-state index in [1.165, 1.54) is 0 Å². The topological polar surface area (TPSA) is 116 Å². The molecule has 136 valence electrons. The average molecular weight is 361 g/mol. The molecular weight excluding hydrogens is 342 g/mol. The van der Waals surface area contributed by atoms with Crippen molar-refractivity contribution in [1.82, 2.24) is 24.5 Å². The number of imidazole rings is 1. The number of fused-ring (bicyclic) bond motifs is 3. The number of nitrogen functional groups attached to an aromatic ring is 1. The Kier molecular flexibility index (Phi) is 3.27. The van der Waals surface area contributed by atoms with Gasteiger partial charge < -0.3 is 15.0 Å². The lowest BCUT2D eigenvalue weighted by Crippen LogP contribution is -2.33. The molecule has 1 aliphatic carbocycles. The number of nitriles is 1. The van der Waals surface area contributed by atoms with E-state index in [1.807, 2.05) is 13.8 Å². The molecule has 5 rings (SSSR count). The maximum Gasteiger partial charge on any atom is 0.164 e. The fraction of sp³-hybridized carbons (Fsp3) is 0.421. The SMILES string of the molecule is CC1(C)OCCn2c1nc1c(C3CC3)nc(-c3cnc(N)c(C#N)c3)nc12. The minimum Gasteiger partial charge on any atom is -0.383 e. The lowest BCUT2D eigenvalue weighted by Gasteiger charge is -2.30. The summed E-state index contributed by atoms with van der Waals surface area (Å²) in [5.74, 6) is 2.06. The van der Waals surface area contributed by atoms with E-state index in [2.05, 4.69) is 15.6 Å². The summed E-state index contributed by atoms with van der Waals surface area (Å²) in [4.78, 5) is 18.6. The van der Waals surface area contributed by atoms with Crippen molar-refractivity contribution in [2.75, 3.05) is 12.3 Å². The third-order valence-electron chi connectivity index (χ3n) is 5.20. The van der Waals surface area contributed by atoms with Crippen LogP contribution in [0.1, 0.15) is 49.7 Å². The average Bonchev–Trinajstić information content (AvgIpc) is 3.42. The van der Waals surface area contributed by atoms with E-state index >= 15 is 0 Å². The van der Waals surface area contributed by atoms with E-state index in [1.54, 1.807) is 12.3 Å². The van der Waals surface area contributed by atoms with Crippen LogP contribution in [0.2, 0.25) is 0 Å². The summed E-state index contributed by atoms with van der Waals surface area (Å²) in [7, 11) is 0. The predicted molar refractivity (Wildman–Crippen MR) is 98.6 cm³/mol. The van der Waals surface area contributed by atoms with Gasteiger partial charge in [0.05, 0.1) is 17.9 Å². The monoisotopic (exact) mass is 361 g/mol. The Labute approximate surface area is 156 Å². The Morgan fingerprint density at radius 3 is 2.85 bits per heavy atom. The zero-order chi connectivity index (χ0) is 18.8. The van der Waals surface area contributed by atoms with Crippen LogP contribution in [0, 0.1) is 11.3 Å². The quantitative estimate of drug-likeness (QED) is 0.745. The van der Waals surface area contributed by atoms with E-state index < -0.39 is 5.60 Å². The first-order chi connectivity index (χ1) is 13.0. The number of hydrogen-bond acceptors (Lipinski definition) is 7. The molecule has 0 spiro atoms. The molecule has 0 bridgehead atoms. The molecule has 1 aliphatic heterocycles. The van der Waals surface area contributed by atoms with Crippen LogP contribution in [0.3, 0.4) is 0 Å². The van der Waals surface area contributed by atoms with Crippen molar-refractivity contribution >= 4 is 17.0 Å². The Morgan fingerprint density at radius 1 is 1.30 bits per heavy atom. The Bertz CT molecular complexity index is 1120.